The molecule has 0 amide bonds. The topological polar surface area (TPSA) is 193 Å². The maximum atomic E-state index is 13.3. The predicted molar refractivity (Wildman–Crippen MR) is 277 cm³/mol. The highest BCUT2D eigenvalue weighted by atomic mass is 28.4. The molecule has 4 aliphatic heterocycles. The van der Waals surface area contributed by atoms with Crippen LogP contribution in [0.2, 0.25) is 36.3 Å². The lowest BCUT2D eigenvalue weighted by Gasteiger charge is -2.55. The summed E-state index contributed by atoms with van der Waals surface area (Å²) in [5.74, 6) is 0.953. The summed E-state index contributed by atoms with van der Waals surface area (Å²) in [7, 11) is -5.03. The third-order valence-electron chi connectivity index (χ3n) is 13.9. The second kappa shape index (κ2) is 21.3. The fourth-order valence-corrected chi connectivity index (χ4v) is 9.25. The maximum Gasteiger partial charge on any atom is 0.488 e. The van der Waals surface area contributed by atoms with Crippen molar-refractivity contribution in [2.75, 3.05) is 75.6 Å². The molecule has 16 nitrogen and oxygen atoms in total. The first kappa shape index (κ1) is 52.9. The van der Waals surface area contributed by atoms with E-state index < -0.39 is 23.8 Å². The van der Waals surface area contributed by atoms with Crippen molar-refractivity contribution < 1.29 is 28.4 Å². The maximum absolute atomic E-state index is 13.3. The van der Waals surface area contributed by atoms with Gasteiger partial charge < -0.3 is 43.2 Å². The number of aromatic nitrogens is 4. The molecule has 0 atom stereocenters. The van der Waals surface area contributed by atoms with Crippen LogP contribution in [-0.4, -0.2) is 119 Å². The van der Waals surface area contributed by atoms with E-state index in [0.717, 1.165) is 58.3 Å². The van der Waals surface area contributed by atoms with Gasteiger partial charge in [0.15, 0.2) is 34.0 Å². The molecule has 2 spiro atoms. The Bertz CT molecular complexity index is 2670. The van der Waals surface area contributed by atoms with E-state index in [4.69, 9.17) is 40.2 Å². The highest BCUT2D eigenvalue weighted by molar-refractivity contribution is 6.74. The zero-order valence-electron chi connectivity index (χ0n) is 41.7. The number of nitrogens with zero attached hydrogens (tertiary/aromatic N) is 7. The lowest BCUT2D eigenvalue weighted by molar-refractivity contribution is -0.127. The number of anilines is 2. The molecule has 3 N–H and O–H groups in total. The summed E-state index contributed by atoms with van der Waals surface area (Å²) >= 11 is 0. The molecule has 69 heavy (non-hydrogen) atoms. The highest BCUT2D eigenvalue weighted by Crippen LogP contribution is 2.40. The summed E-state index contributed by atoms with van der Waals surface area (Å²) in [6.45, 7) is 36.3. The van der Waals surface area contributed by atoms with Crippen LogP contribution in [0.1, 0.15) is 58.5 Å². The second-order valence-electron chi connectivity index (χ2n) is 21.5. The molecular weight excluding hydrogens is 908 g/mol. The second-order valence-corrected chi connectivity index (χ2v) is 31.1. The Balaban J connectivity index is 0.000000191. The van der Waals surface area contributed by atoms with E-state index >= 15 is 0 Å². The molecule has 0 unspecified atom stereocenters. The van der Waals surface area contributed by atoms with Gasteiger partial charge in [-0.1, -0.05) is 78.0 Å². The van der Waals surface area contributed by atoms with Gasteiger partial charge in [0, 0.05) is 44.3 Å². The monoisotopic (exact) mass is 974 g/mol. The zero-order valence-corrected chi connectivity index (χ0v) is 43.7. The largest absolute Gasteiger partial charge is 0.488 e. The fourth-order valence-electron chi connectivity index (χ4n) is 7.36. The molecule has 4 aromatic rings. The van der Waals surface area contributed by atoms with Gasteiger partial charge in [-0.05, 0) is 78.1 Å². The number of benzene rings is 2. The molecule has 4 aliphatic rings. The number of rotatable bonds is 12. The zero-order chi connectivity index (χ0) is 50.4. The third kappa shape index (κ3) is 12.8. The van der Waals surface area contributed by atoms with Gasteiger partial charge in [0.25, 0.3) is 11.1 Å². The number of H-pyrrole nitrogens is 1. The van der Waals surface area contributed by atoms with Crippen LogP contribution in [0.25, 0.3) is 22.7 Å². The van der Waals surface area contributed by atoms with Crippen LogP contribution in [0.15, 0.2) is 82.7 Å². The van der Waals surface area contributed by atoms with Crippen molar-refractivity contribution in [3.05, 3.63) is 122 Å². The molecule has 0 radical (unpaired) electrons. The minimum atomic E-state index is -1.84. The molecule has 8 rings (SSSR count). The van der Waals surface area contributed by atoms with Crippen molar-refractivity contribution in [3.8, 4) is 11.8 Å². The molecule has 0 saturated carbocycles. The van der Waals surface area contributed by atoms with E-state index in [1.807, 2.05) is 34.1 Å². The first-order valence-electron chi connectivity index (χ1n) is 23.2. The molecule has 366 valence electrons. The van der Waals surface area contributed by atoms with Gasteiger partial charge in [0.05, 0.1) is 80.1 Å². The van der Waals surface area contributed by atoms with Crippen LogP contribution in [0.5, 0.6) is 0 Å². The molecule has 19 heteroatoms. The van der Waals surface area contributed by atoms with Gasteiger partial charge in [-0.15, -0.1) is 0 Å². The molecule has 2 aromatic carbocycles. The summed E-state index contributed by atoms with van der Waals surface area (Å²) in [5, 5.41) is 26.8. The molecule has 6 heterocycles. The molecule has 4 saturated heterocycles. The number of nitriles is 1. The summed E-state index contributed by atoms with van der Waals surface area (Å²) in [4.78, 5) is 44.6. The minimum absolute atomic E-state index is 0.134. The average molecular weight is 975 g/mol. The average Bonchev–Trinajstić information content (AvgIpc) is 3.23. The Morgan fingerprint density at radius 3 is 1.71 bits per heavy atom. The van der Waals surface area contributed by atoms with E-state index in [1.165, 1.54) is 12.1 Å². The summed E-state index contributed by atoms with van der Waals surface area (Å²) < 4.78 is 24.6. The molecule has 2 aromatic heterocycles. The standard InChI is InChI=1S/C25H32N4O3Si.C18H29N3O3Si.C7H6BNO2/c1-24(2,3)33(4,5)32-12-6-7-20-14-29(21-10-8-19(13-26)9-11-21)23(30)22(27-20)28-15-25(16-28)17-31-18-25;1-17(2,3)25(4,5)24-8-6-7-14-9-19-16(22)15(20-14)21-10-18(11-21)12-23-13-18;1-9-7-4-2-6(3-5-7)8(10)11/h6-11,14H,12,15-18H2,1-5H3;6-7,9H,8,10-13H2,1-5H3,(H,19,22);2-5,10-11H/b2*7-6+;. The smallest absolute Gasteiger partial charge is 0.423 e. The van der Waals surface area contributed by atoms with E-state index in [2.05, 4.69) is 93.6 Å². The molecule has 0 bridgehead atoms. The number of hydrogen-bond donors (Lipinski definition) is 3. The number of hydrogen-bond acceptors (Lipinski definition) is 13. The summed E-state index contributed by atoms with van der Waals surface area (Å²) in [6.07, 6.45) is 11.2. The number of nitrogens with one attached hydrogen (secondary N) is 1. The van der Waals surface area contributed by atoms with Crippen LogP contribution in [0.4, 0.5) is 17.3 Å². The molecular formula is C50H67BN8O8Si2. The van der Waals surface area contributed by atoms with Gasteiger partial charge in [0.2, 0.25) is 0 Å². The highest BCUT2D eigenvalue weighted by Gasteiger charge is 2.51. The van der Waals surface area contributed by atoms with Crippen molar-refractivity contribution in [2.45, 2.75) is 77.8 Å². The van der Waals surface area contributed by atoms with Gasteiger partial charge in [-0.25, -0.2) is 14.8 Å². The van der Waals surface area contributed by atoms with Gasteiger partial charge in [-0.2, -0.15) is 5.26 Å². The van der Waals surface area contributed by atoms with E-state index in [9.17, 15) is 9.59 Å². The fraction of sp³-hybridized carbons (Fsp3) is 0.480. The van der Waals surface area contributed by atoms with Crippen molar-refractivity contribution in [1.29, 1.82) is 5.26 Å². The van der Waals surface area contributed by atoms with Crippen LogP contribution in [-0.2, 0) is 18.3 Å². The van der Waals surface area contributed by atoms with Crippen LogP contribution >= 0.6 is 0 Å². The Hall–Kier alpha value is -5.48. The first-order chi connectivity index (χ1) is 32.4. The van der Waals surface area contributed by atoms with Gasteiger partial charge in [-0.3, -0.25) is 14.2 Å². The summed E-state index contributed by atoms with van der Waals surface area (Å²) in [6, 6.07) is 15.2. The Morgan fingerprint density at radius 2 is 1.28 bits per heavy atom. The summed E-state index contributed by atoms with van der Waals surface area (Å²) in [5.41, 5.74) is 3.74. The Labute approximate surface area is 408 Å². The lowest BCUT2D eigenvalue weighted by atomic mass is 9.78. The minimum Gasteiger partial charge on any atom is -0.423 e. The van der Waals surface area contributed by atoms with Crippen molar-refractivity contribution in [3.63, 3.8) is 0 Å². The van der Waals surface area contributed by atoms with Crippen molar-refractivity contribution >= 4 is 58.7 Å². The lowest BCUT2D eigenvalue weighted by Crippen LogP contribution is -2.67. The van der Waals surface area contributed by atoms with Crippen LogP contribution in [0, 0.1) is 28.7 Å². The number of aromatic amines is 1. The normalized spacial score (nSPS) is 17.1. The molecule has 0 aliphatic carbocycles. The molecule has 4 fully saturated rings. The van der Waals surface area contributed by atoms with E-state index in [-0.39, 0.29) is 32.0 Å². The van der Waals surface area contributed by atoms with Crippen molar-refractivity contribution in [1.82, 2.24) is 19.5 Å². The van der Waals surface area contributed by atoms with E-state index in [1.54, 1.807) is 53.4 Å². The van der Waals surface area contributed by atoms with Crippen molar-refractivity contribution in [2.24, 2.45) is 10.8 Å². The quantitative estimate of drug-likeness (QED) is 0.103. The van der Waals surface area contributed by atoms with Gasteiger partial charge in [0.1, 0.15) is 0 Å². The van der Waals surface area contributed by atoms with E-state index in [0.29, 0.717) is 52.9 Å². The SMILES string of the molecule is CC(C)(C)[Si](C)(C)OC/C=C/c1c[nH]c(=O)c(N2CC3(COC3)C2)n1.CC(C)(C)[Si](C)(C)OC/C=C/c1cn(-c2ccc(C#N)cc2)c(=O)c(N2CC3(COC3)C2)n1.[C-]#[N+]c1ccc(B(O)O)cc1. The predicted octanol–water partition coefficient (Wildman–Crippen LogP) is 6.53. The number of ether oxygens (including phenoxy) is 2. The first-order valence-corrected chi connectivity index (χ1v) is 29.1. The third-order valence-corrected chi connectivity index (χ3v) is 22.9. The van der Waals surface area contributed by atoms with Gasteiger partial charge >= 0.3 is 7.12 Å². The Morgan fingerprint density at radius 1 is 0.797 bits per heavy atom. The van der Waals surface area contributed by atoms with Crippen LogP contribution < -0.4 is 26.4 Å². The Kier molecular flexibility index (Phi) is 16.3. The van der Waals surface area contributed by atoms with Crippen LogP contribution in [0.3, 0.4) is 0 Å².